The van der Waals surface area contributed by atoms with Gasteiger partial charge in [-0.05, 0) is 45.8 Å². The Kier molecular flexibility index (Phi) is 5.07. The third kappa shape index (κ3) is 2.78. The summed E-state index contributed by atoms with van der Waals surface area (Å²) in [6.45, 7) is 0. The predicted molar refractivity (Wildman–Crippen MR) is 89.3 cm³/mol. The topological polar surface area (TPSA) is 47.9 Å². The normalized spacial score (nSPS) is 10.0. The molecule has 3 rings (SSSR count). The van der Waals surface area contributed by atoms with Gasteiger partial charge in [0, 0.05) is 7.11 Å². The number of fused-ring (bicyclic) bond motifs is 3. The molecule has 0 aliphatic heterocycles. The first-order valence-corrected chi connectivity index (χ1v) is 6.84. The molecule has 0 radical (unpaired) electrons. The third-order valence-corrected chi connectivity index (χ3v) is 3.55. The number of aliphatic hydroxyl groups excluding tert-OH is 1. The molecule has 0 aromatic heterocycles. The van der Waals surface area contributed by atoms with Crippen molar-refractivity contribution in [2.24, 2.45) is 0 Å². The largest absolute Gasteiger partial charge is 0.497 e. The van der Waals surface area contributed by atoms with E-state index >= 15 is 0 Å². The molecular weight excluding hydrogens is 280 g/mol. The fourth-order valence-corrected chi connectivity index (χ4v) is 2.50. The molecule has 22 heavy (non-hydrogen) atoms. The van der Waals surface area contributed by atoms with E-state index < -0.39 is 0 Å². The van der Waals surface area contributed by atoms with E-state index in [0.29, 0.717) is 0 Å². The van der Waals surface area contributed by atoms with Crippen LogP contribution in [0.15, 0.2) is 42.5 Å². The van der Waals surface area contributed by atoms with Crippen LogP contribution >= 0.6 is 0 Å². The molecule has 3 aromatic carbocycles. The molecule has 116 valence electrons. The lowest BCUT2D eigenvalue weighted by Crippen LogP contribution is -1.91. The van der Waals surface area contributed by atoms with Crippen LogP contribution < -0.4 is 14.2 Å². The molecule has 0 amide bonds. The summed E-state index contributed by atoms with van der Waals surface area (Å²) in [5.74, 6) is 2.34. The van der Waals surface area contributed by atoms with Gasteiger partial charge in [0.2, 0.25) is 0 Å². The molecule has 0 aliphatic carbocycles. The standard InChI is InChI=1S/C17H16O3.CH4O/c1-18-13-6-7-14-11(8-13)4-5-12-9-16(19-2)17(20-3)10-15(12)14;1-2/h4-10H,1-3H3;2H,1H3. The molecule has 4 nitrogen and oxygen atoms in total. The number of methoxy groups -OCH3 is 3. The Morgan fingerprint density at radius 2 is 1.23 bits per heavy atom. The predicted octanol–water partition coefficient (Wildman–Crippen LogP) is 3.63. The Balaban J connectivity index is 0.000000847. The lowest BCUT2D eigenvalue weighted by Gasteiger charge is -2.11. The Morgan fingerprint density at radius 3 is 1.82 bits per heavy atom. The summed E-state index contributed by atoms with van der Waals surface area (Å²) in [6.07, 6.45) is 0. The lowest BCUT2D eigenvalue weighted by molar-refractivity contribution is 0.356. The Labute approximate surface area is 129 Å². The summed E-state index contributed by atoms with van der Waals surface area (Å²) in [5.41, 5.74) is 0. The van der Waals surface area contributed by atoms with Crippen molar-refractivity contribution in [1.82, 2.24) is 0 Å². The maximum atomic E-state index is 7.00. The zero-order chi connectivity index (χ0) is 16.1. The molecule has 0 fully saturated rings. The van der Waals surface area contributed by atoms with Crippen LogP contribution in [0.2, 0.25) is 0 Å². The van der Waals surface area contributed by atoms with Crippen LogP contribution in [0.5, 0.6) is 17.2 Å². The minimum Gasteiger partial charge on any atom is -0.497 e. The first-order chi connectivity index (χ1) is 10.8. The lowest BCUT2D eigenvalue weighted by atomic mass is 10.0. The second kappa shape index (κ2) is 7.00. The van der Waals surface area contributed by atoms with Crippen molar-refractivity contribution < 1.29 is 19.3 Å². The highest BCUT2D eigenvalue weighted by molar-refractivity contribution is 6.08. The van der Waals surface area contributed by atoms with Gasteiger partial charge < -0.3 is 19.3 Å². The summed E-state index contributed by atoms with van der Waals surface area (Å²) in [4.78, 5) is 0. The van der Waals surface area contributed by atoms with Crippen molar-refractivity contribution in [2.45, 2.75) is 0 Å². The average molecular weight is 300 g/mol. The molecule has 0 saturated heterocycles. The first-order valence-electron chi connectivity index (χ1n) is 6.84. The van der Waals surface area contributed by atoms with E-state index in [-0.39, 0.29) is 0 Å². The fourth-order valence-electron chi connectivity index (χ4n) is 2.50. The van der Waals surface area contributed by atoms with Gasteiger partial charge in [-0.1, -0.05) is 18.2 Å². The van der Waals surface area contributed by atoms with Crippen LogP contribution in [0, 0.1) is 0 Å². The Bertz CT molecular complexity index is 781. The second-order valence-corrected chi connectivity index (χ2v) is 4.58. The fraction of sp³-hybridized carbons (Fsp3) is 0.222. The maximum Gasteiger partial charge on any atom is 0.161 e. The summed E-state index contributed by atoms with van der Waals surface area (Å²) >= 11 is 0. The van der Waals surface area contributed by atoms with E-state index in [1.165, 1.54) is 5.39 Å². The van der Waals surface area contributed by atoms with Crippen LogP contribution in [0.25, 0.3) is 21.5 Å². The van der Waals surface area contributed by atoms with Crippen molar-refractivity contribution >= 4 is 21.5 Å². The molecule has 4 heteroatoms. The smallest absolute Gasteiger partial charge is 0.161 e. The van der Waals surface area contributed by atoms with Crippen LogP contribution in [-0.4, -0.2) is 33.5 Å². The van der Waals surface area contributed by atoms with Crippen LogP contribution in [0.3, 0.4) is 0 Å². The minimum atomic E-state index is 0.739. The number of benzene rings is 3. The van der Waals surface area contributed by atoms with E-state index in [4.69, 9.17) is 19.3 Å². The van der Waals surface area contributed by atoms with Crippen molar-refractivity contribution in [3.63, 3.8) is 0 Å². The van der Waals surface area contributed by atoms with Crippen LogP contribution in [0.1, 0.15) is 0 Å². The summed E-state index contributed by atoms with van der Waals surface area (Å²) in [5, 5.41) is 11.6. The summed E-state index contributed by atoms with van der Waals surface area (Å²) in [7, 11) is 5.98. The van der Waals surface area contributed by atoms with E-state index in [2.05, 4.69) is 18.2 Å². The van der Waals surface area contributed by atoms with Gasteiger partial charge in [0.05, 0.1) is 21.3 Å². The van der Waals surface area contributed by atoms with Gasteiger partial charge in [-0.3, -0.25) is 0 Å². The van der Waals surface area contributed by atoms with Gasteiger partial charge in [-0.2, -0.15) is 0 Å². The number of aliphatic hydroxyl groups is 1. The minimum absolute atomic E-state index is 0.739. The highest BCUT2D eigenvalue weighted by Gasteiger charge is 2.08. The third-order valence-electron chi connectivity index (χ3n) is 3.55. The molecule has 0 spiro atoms. The quantitative estimate of drug-likeness (QED) is 0.750. The zero-order valence-corrected chi connectivity index (χ0v) is 13.2. The van der Waals surface area contributed by atoms with E-state index in [1.54, 1.807) is 21.3 Å². The van der Waals surface area contributed by atoms with Crippen molar-refractivity contribution in [2.75, 3.05) is 28.4 Å². The molecular formula is C18H20O4. The molecule has 0 heterocycles. The molecule has 0 unspecified atom stereocenters. The monoisotopic (exact) mass is 300 g/mol. The van der Waals surface area contributed by atoms with Crippen molar-refractivity contribution in [3.05, 3.63) is 42.5 Å². The van der Waals surface area contributed by atoms with Crippen molar-refractivity contribution in [1.29, 1.82) is 0 Å². The highest BCUT2D eigenvalue weighted by Crippen LogP contribution is 2.36. The first kappa shape index (κ1) is 15.9. The molecule has 0 atom stereocenters. The summed E-state index contributed by atoms with van der Waals surface area (Å²) in [6, 6.07) is 14.3. The molecule has 1 N–H and O–H groups in total. The number of ether oxygens (including phenoxy) is 3. The van der Waals surface area contributed by atoms with Crippen LogP contribution in [-0.2, 0) is 0 Å². The zero-order valence-electron chi connectivity index (χ0n) is 13.2. The van der Waals surface area contributed by atoms with E-state index in [0.717, 1.165) is 40.5 Å². The molecule has 0 saturated carbocycles. The molecule has 0 aliphatic rings. The van der Waals surface area contributed by atoms with Gasteiger partial charge in [0.25, 0.3) is 0 Å². The Hall–Kier alpha value is -2.46. The number of hydrogen-bond donors (Lipinski definition) is 1. The second-order valence-electron chi connectivity index (χ2n) is 4.58. The molecule has 0 bridgehead atoms. The molecule has 3 aromatic rings. The Morgan fingerprint density at radius 1 is 0.636 bits per heavy atom. The van der Waals surface area contributed by atoms with Gasteiger partial charge in [0.15, 0.2) is 11.5 Å². The maximum absolute atomic E-state index is 7.00. The van der Waals surface area contributed by atoms with Crippen molar-refractivity contribution in [3.8, 4) is 17.2 Å². The van der Waals surface area contributed by atoms with Gasteiger partial charge in [0.1, 0.15) is 5.75 Å². The highest BCUT2D eigenvalue weighted by atomic mass is 16.5. The van der Waals surface area contributed by atoms with E-state index in [9.17, 15) is 0 Å². The van der Waals surface area contributed by atoms with Gasteiger partial charge >= 0.3 is 0 Å². The number of hydrogen-bond acceptors (Lipinski definition) is 4. The van der Waals surface area contributed by atoms with Crippen LogP contribution in [0.4, 0.5) is 0 Å². The van der Waals surface area contributed by atoms with E-state index in [1.807, 2.05) is 24.3 Å². The van der Waals surface area contributed by atoms with Gasteiger partial charge in [-0.25, -0.2) is 0 Å². The summed E-state index contributed by atoms with van der Waals surface area (Å²) < 4.78 is 16.0. The average Bonchev–Trinajstić information content (AvgIpc) is 2.61. The van der Waals surface area contributed by atoms with Gasteiger partial charge in [-0.15, -0.1) is 0 Å². The number of rotatable bonds is 3. The SMILES string of the molecule is CO.COc1ccc2c(ccc3cc(OC)c(OC)cc32)c1.